The van der Waals surface area contributed by atoms with Crippen LogP contribution in [-0.2, 0) is 4.79 Å². The molecule has 1 unspecified atom stereocenters. The highest BCUT2D eigenvalue weighted by Crippen LogP contribution is 2.32. The molecule has 1 atom stereocenters. The van der Waals surface area contributed by atoms with Gasteiger partial charge in [-0.05, 0) is 30.1 Å². The van der Waals surface area contributed by atoms with Crippen LogP contribution in [0.3, 0.4) is 0 Å². The van der Waals surface area contributed by atoms with Gasteiger partial charge in [0.1, 0.15) is 11.8 Å². The van der Waals surface area contributed by atoms with Crippen LogP contribution in [0.15, 0.2) is 45.3 Å². The summed E-state index contributed by atoms with van der Waals surface area (Å²) in [5.74, 6) is -0.225. The number of amides is 1. The lowest BCUT2D eigenvalue weighted by molar-refractivity contribution is -0.384. The van der Waals surface area contributed by atoms with Crippen LogP contribution in [0.25, 0.3) is 5.57 Å². The van der Waals surface area contributed by atoms with Crippen molar-refractivity contribution in [1.29, 1.82) is 0 Å². The van der Waals surface area contributed by atoms with Crippen LogP contribution in [0.1, 0.15) is 18.4 Å². The molecule has 0 spiro atoms. The number of fused-ring (bicyclic) bond motifs is 1. The predicted octanol–water partition coefficient (Wildman–Crippen LogP) is 2.07. The summed E-state index contributed by atoms with van der Waals surface area (Å²) in [6.45, 7) is 1.68. The van der Waals surface area contributed by atoms with E-state index >= 15 is 0 Å². The van der Waals surface area contributed by atoms with Crippen molar-refractivity contribution in [3.63, 3.8) is 0 Å². The molecule has 0 radical (unpaired) electrons. The van der Waals surface area contributed by atoms with E-state index in [1.807, 2.05) is 4.90 Å². The Hall–Kier alpha value is -3.16. The molecule has 0 bridgehead atoms. The van der Waals surface area contributed by atoms with Crippen LogP contribution in [0.5, 0.6) is 0 Å². The first-order valence-corrected chi connectivity index (χ1v) is 8.08. The number of hydrogen-bond donors (Lipinski definition) is 0. The highest BCUT2D eigenvalue weighted by Gasteiger charge is 2.36. The number of nitro benzene ring substituents is 1. The van der Waals surface area contributed by atoms with Gasteiger partial charge in [0.15, 0.2) is 0 Å². The van der Waals surface area contributed by atoms with Crippen LogP contribution in [0.2, 0.25) is 0 Å². The van der Waals surface area contributed by atoms with Crippen LogP contribution < -0.4 is 0 Å². The monoisotopic (exact) mass is 337 g/mol. The zero-order chi connectivity index (χ0) is 17.4. The normalized spacial score (nSPS) is 22.2. The number of nitrogens with zero attached hydrogens (tertiary/aromatic N) is 5. The van der Waals surface area contributed by atoms with Gasteiger partial charge in [0.25, 0.3) is 11.6 Å². The molecule has 0 N–H and O–H groups in total. The Morgan fingerprint density at radius 1 is 1.20 bits per heavy atom. The minimum Gasteiger partial charge on any atom is -0.341 e. The average molecular weight is 337 g/mol. The third-order valence-corrected chi connectivity index (χ3v) is 4.48. The Kier molecular flexibility index (Phi) is 3.72. The molecule has 1 amide bonds. The molecule has 0 aliphatic carbocycles. The van der Waals surface area contributed by atoms with Crippen LogP contribution in [0, 0.1) is 16.0 Å². The number of amidine groups is 1. The Labute approximate surface area is 143 Å². The summed E-state index contributed by atoms with van der Waals surface area (Å²) < 4.78 is 0. The van der Waals surface area contributed by atoms with E-state index in [-0.39, 0.29) is 11.6 Å². The quantitative estimate of drug-likeness (QED) is 0.609. The minimum atomic E-state index is -0.710. The number of rotatable bonds is 2. The number of carbonyl (C=O) groups is 1. The van der Waals surface area contributed by atoms with Gasteiger partial charge in [-0.25, -0.2) is 4.99 Å². The second-order valence-electron chi connectivity index (χ2n) is 6.05. The first-order valence-electron chi connectivity index (χ1n) is 8.08. The maximum absolute atomic E-state index is 12.7. The van der Waals surface area contributed by atoms with Gasteiger partial charge in [-0.15, -0.1) is 0 Å². The molecule has 3 heterocycles. The molecule has 1 aromatic rings. The lowest BCUT2D eigenvalue weighted by Crippen LogP contribution is -2.36. The van der Waals surface area contributed by atoms with Gasteiger partial charge in [-0.2, -0.15) is 9.98 Å². The highest BCUT2D eigenvalue weighted by atomic mass is 16.6. The van der Waals surface area contributed by atoms with Crippen molar-refractivity contribution in [2.45, 2.75) is 12.8 Å². The number of allylic oxidation sites excluding steroid dienone is 1. The van der Waals surface area contributed by atoms with E-state index in [1.54, 1.807) is 24.4 Å². The molecule has 8 nitrogen and oxygen atoms in total. The molecular formula is C17H15N5O3. The van der Waals surface area contributed by atoms with Crippen LogP contribution >= 0.6 is 0 Å². The largest absolute Gasteiger partial charge is 0.341 e. The predicted molar refractivity (Wildman–Crippen MR) is 93.7 cm³/mol. The SMILES string of the molecule is O=C1N=C(N2CCCC2)N=C2N=CC=C(c3cccc([N+](=O)[O-])c3)C12. The van der Waals surface area contributed by atoms with Crippen molar-refractivity contribution >= 4 is 35.2 Å². The summed E-state index contributed by atoms with van der Waals surface area (Å²) in [7, 11) is 0. The summed E-state index contributed by atoms with van der Waals surface area (Å²) in [4.78, 5) is 38.1. The molecule has 3 aliphatic rings. The van der Waals surface area contributed by atoms with Crippen molar-refractivity contribution < 1.29 is 9.72 Å². The van der Waals surface area contributed by atoms with Gasteiger partial charge < -0.3 is 4.90 Å². The molecule has 25 heavy (non-hydrogen) atoms. The number of dihydropyridines is 1. The fourth-order valence-electron chi connectivity index (χ4n) is 3.25. The molecule has 8 heteroatoms. The highest BCUT2D eigenvalue weighted by molar-refractivity contribution is 6.25. The smallest absolute Gasteiger partial charge is 0.270 e. The number of guanidine groups is 1. The molecule has 1 aromatic carbocycles. The van der Waals surface area contributed by atoms with E-state index in [9.17, 15) is 14.9 Å². The number of nitro groups is 1. The third-order valence-electron chi connectivity index (χ3n) is 4.48. The van der Waals surface area contributed by atoms with Crippen molar-refractivity contribution in [2.24, 2.45) is 20.9 Å². The molecule has 4 rings (SSSR count). The second kappa shape index (κ2) is 6.04. The summed E-state index contributed by atoms with van der Waals surface area (Å²) in [6, 6.07) is 6.21. The third kappa shape index (κ3) is 2.75. The lowest BCUT2D eigenvalue weighted by atomic mass is 9.88. The Balaban J connectivity index is 1.69. The summed E-state index contributed by atoms with van der Waals surface area (Å²) in [5, 5.41) is 11.0. The van der Waals surface area contributed by atoms with E-state index in [0.717, 1.165) is 25.9 Å². The molecule has 1 saturated heterocycles. The standard InChI is InChI=1S/C17H15N5O3/c23-16-14-13(11-4-3-5-12(10-11)22(24)25)6-7-18-15(14)19-17(20-16)21-8-1-2-9-21/h3-7,10,14H,1-2,8-9H2. The zero-order valence-electron chi connectivity index (χ0n) is 13.3. The first kappa shape index (κ1) is 15.4. The van der Waals surface area contributed by atoms with Gasteiger partial charge in [0.05, 0.1) is 4.92 Å². The van der Waals surface area contributed by atoms with Gasteiger partial charge in [-0.3, -0.25) is 14.9 Å². The Morgan fingerprint density at radius 3 is 2.76 bits per heavy atom. The summed E-state index contributed by atoms with van der Waals surface area (Å²) in [5.41, 5.74) is 1.21. The number of non-ortho nitro benzene ring substituents is 1. The molecule has 126 valence electrons. The van der Waals surface area contributed by atoms with Crippen LogP contribution in [-0.4, -0.2) is 46.8 Å². The van der Waals surface area contributed by atoms with E-state index in [4.69, 9.17) is 0 Å². The number of likely N-dealkylation sites (tertiary alicyclic amines) is 1. The Morgan fingerprint density at radius 2 is 2.00 bits per heavy atom. The van der Waals surface area contributed by atoms with E-state index in [1.165, 1.54) is 12.1 Å². The maximum Gasteiger partial charge on any atom is 0.270 e. The van der Waals surface area contributed by atoms with Crippen LogP contribution in [0.4, 0.5) is 5.69 Å². The summed E-state index contributed by atoms with van der Waals surface area (Å²) in [6.07, 6.45) is 5.38. The van der Waals surface area contributed by atoms with Crippen molar-refractivity contribution in [1.82, 2.24) is 4.90 Å². The van der Waals surface area contributed by atoms with Gasteiger partial charge in [0, 0.05) is 31.4 Å². The number of hydrogen-bond acceptors (Lipinski definition) is 6. The van der Waals surface area contributed by atoms with E-state index in [2.05, 4.69) is 15.0 Å². The Bertz CT molecular complexity index is 878. The zero-order valence-corrected chi connectivity index (χ0v) is 13.3. The average Bonchev–Trinajstić information content (AvgIpc) is 3.16. The molecular weight excluding hydrogens is 322 g/mol. The van der Waals surface area contributed by atoms with Crippen molar-refractivity contribution in [3.8, 4) is 0 Å². The second-order valence-corrected chi connectivity index (χ2v) is 6.05. The molecule has 0 aromatic heterocycles. The number of carbonyl (C=O) groups excluding carboxylic acids is 1. The topological polar surface area (TPSA) is 101 Å². The minimum absolute atomic E-state index is 0.0242. The fourth-order valence-corrected chi connectivity index (χ4v) is 3.25. The maximum atomic E-state index is 12.7. The first-order chi connectivity index (χ1) is 12.1. The molecule has 3 aliphatic heterocycles. The molecule has 1 fully saturated rings. The van der Waals surface area contributed by atoms with Crippen molar-refractivity contribution in [3.05, 3.63) is 46.0 Å². The lowest BCUT2D eigenvalue weighted by Gasteiger charge is -2.26. The van der Waals surface area contributed by atoms with Gasteiger partial charge in [0.2, 0.25) is 5.96 Å². The number of benzene rings is 1. The van der Waals surface area contributed by atoms with Gasteiger partial charge >= 0.3 is 0 Å². The van der Waals surface area contributed by atoms with Crippen molar-refractivity contribution in [2.75, 3.05) is 13.1 Å². The van der Waals surface area contributed by atoms with Gasteiger partial charge in [-0.1, -0.05) is 12.1 Å². The summed E-state index contributed by atoms with van der Waals surface area (Å²) >= 11 is 0. The molecule has 0 saturated carbocycles. The number of aliphatic imine (C=N–C) groups is 3. The fraction of sp³-hybridized carbons (Fsp3) is 0.294. The van der Waals surface area contributed by atoms with E-state index in [0.29, 0.717) is 22.9 Å². The van der Waals surface area contributed by atoms with E-state index < -0.39 is 10.8 Å².